The molecule has 1 aromatic rings. The van der Waals surface area contributed by atoms with Gasteiger partial charge in [-0.3, -0.25) is 4.79 Å². The Hall–Kier alpha value is -1.04. The van der Waals surface area contributed by atoms with Crippen LogP contribution < -0.4 is 5.32 Å². The minimum Gasteiger partial charge on any atom is -0.358 e. The Bertz CT molecular complexity index is 414. The number of carbonyl (C=O) groups excluding carboxylic acids is 1. The van der Waals surface area contributed by atoms with Gasteiger partial charge in [-0.1, -0.05) is 11.8 Å². The smallest absolute Gasteiger partial charge is 0.233 e. The molecule has 1 N–H and O–H groups in total. The third-order valence-electron chi connectivity index (χ3n) is 2.90. The third kappa shape index (κ3) is 2.62. The summed E-state index contributed by atoms with van der Waals surface area (Å²) >= 11 is 1.47. The van der Waals surface area contributed by atoms with Gasteiger partial charge in [-0.15, -0.1) is 10.2 Å². The molecule has 1 heterocycles. The Morgan fingerprint density at radius 3 is 2.82 bits per heavy atom. The molecule has 1 aromatic heterocycles. The lowest BCUT2D eigenvalue weighted by molar-refractivity contribution is -0.119. The molecule has 17 heavy (non-hydrogen) atoms. The summed E-state index contributed by atoms with van der Waals surface area (Å²) in [5, 5.41) is 11.8. The monoisotopic (exact) mass is 254 g/mol. The van der Waals surface area contributed by atoms with Crippen LogP contribution in [0.4, 0.5) is 0 Å². The molecular weight excluding hydrogens is 236 g/mol. The number of nitrogens with zero attached hydrogens (tertiary/aromatic N) is 3. The fourth-order valence-electron chi connectivity index (χ4n) is 1.74. The highest BCUT2D eigenvalue weighted by molar-refractivity contribution is 8.00. The van der Waals surface area contributed by atoms with Crippen molar-refractivity contribution in [3.63, 3.8) is 0 Å². The van der Waals surface area contributed by atoms with Crippen molar-refractivity contribution in [3.05, 3.63) is 5.82 Å². The number of rotatable bonds is 5. The maximum Gasteiger partial charge on any atom is 0.233 e. The van der Waals surface area contributed by atoms with Gasteiger partial charge in [0.25, 0.3) is 0 Å². The van der Waals surface area contributed by atoms with Crippen LogP contribution in [-0.2, 0) is 11.3 Å². The van der Waals surface area contributed by atoms with Gasteiger partial charge < -0.3 is 9.88 Å². The van der Waals surface area contributed by atoms with E-state index in [1.807, 2.05) is 6.92 Å². The maximum absolute atomic E-state index is 11.5. The van der Waals surface area contributed by atoms with Gasteiger partial charge in [0.05, 0.1) is 5.25 Å². The summed E-state index contributed by atoms with van der Waals surface area (Å²) in [6.45, 7) is 4.83. The van der Waals surface area contributed by atoms with E-state index in [1.165, 1.54) is 24.6 Å². The average Bonchev–Trinajstić information content (AvgIpc) is 3.10. The molecule has 0 bridgehead atoms. The zero-order valence-corrected chi connectivity index (χ0v) is 11.3. The van der Waals surface area contributed by atoms with Crippen molar-refractivity contribution in [1.29, 1.82) is 0 Å². The largest absolute Gasteiger partial charge is 0.358 e. The number of aromatic nitrogens is 3. The molecule has 94 valence electrons. The molecule has 1 saturated carbocycles. The van der Waals surface area contributed by atoms with Crippen molar-refractivity contribution in [1.82, 2.24) is 20.1 Å². The molecule has 0 radical (unpaired) electrons. The molecule has 1 unspecified atom stereocenters. The lowest BCUT2D eigenvalue weighted by Crippen LogP contribution is -2.27. The molecule has 2 rings (SSSR count). The van der Waals surface area contributed by atoms with Crippen LogP contribution in [0.1, 0.15) is 38.4 Å². The van der Waals surface area contributed by atoms with E-state index in [4.69, 9.17) is 0 Å². The first-order valence-corrected chi connectivity index (χ1v) is 6.86. The Morgan fingerprint density at radius 2 is 2.29 bits per heavy atom. The fraction of sp³-hybridized carbons (Fsp3) is 0.727. The summed E-state index contributed by atoms with van der Waals surface area (Å²) in [5.74, 6) is 1.69. The number of hydrogen-bond acceptors (Lipinski definition) is 4. The van der Waals surface area contributed by atoms with Crippen molar-refractivity contribution >= 4 is 17.7 Å². The fourth-order valence-corrected chi connectivity index (χ4v) is 2.72. The Morgan fingerprint density at radius 1 is 1.59 bits per heavy atom. The lowest BCUT2D eigenvalue weighted by Gasteiger charge is -2.10. The van der Waals surface area contributed by atoms with Crippen LogP contribution in [0.3, 0.4) is 0 Å². The van der Waals surface area contributed by atoms with Crippen molar-refractivity contribution in [3.8, 4) is 0 Å². The lowest BCUT2D eigenvalue weighted by atomic mass is 10.4. The van der Waals surface area contributed by atoms with Crippen LogP contribution in [0.25, 0.3) is 0 Å². The van der Waals surface area contributed by atoms with Crippen LogP contribution in [0.2, 0.25) is 0 Å². The van der Waals surface area contributed by atoms with Crippen LogP contribution in [-0.4, -0.2) is 33.0 Å². The maximum atomic E-state index is 11.5. The number of thioether (sulfide) groups is 1. The van der Waals surface area contributed by atoms with Gasteiger partial charge in [0.2, 0.25) is 5.91 Å². The van der Waals surface area contributed by atoms with E-state index in [-0.39, 0.29) is 11.2 Å². The van der Waals surface area contributed by atoms with Crippen LogP contribution in [0, 0.1) is 0 Å². The first-order chi connectivity index (χ1) is 8.17. The second-order valence-electron chi connectivity index (χ2n) is 4.23. The zero-order chi connectivity index (χ0) is 12.4. The summed E-state index contributed by atoms with van der Waals surface area (Å²) in [5.41, 5.74) is 0. The molecule has 1 aliphatic rings. The van der Waals surface area contributed by atoms with Gasteiger partial charge in [0.1, 0.15) is 5.82 Å². The van der Waals surface area contributed by atoms with Crippen LogP contribution >= 0.6 is 11.8 Å². The molecule has 0 saturated heterocycles. The van der Waals surface area contributed by atoms with E-state index >= 15 is 0 Å². The second-order valence-corrected chi connectivity index (χ2v) is 5.54. The Balaban J connectivity index is 2.12. The quantitative estimate of drug-likeness (QED) is 0.807. The van der Waals surface area contributed by atoms with Crippen molar-refractivity contribution < 1.29 is 4.79 Å². The molecule has 1 aliphatic carbocycles. The number of carbonyl (C=O) groups is 1. The van der Waals surface area contributed by atoms with Gasteiger partial charge in [0.15, 0.2) is 5.16 Å². The predicted octanol–water partition coefficient (Wildman–Crippen LogP) is 1.40. The number of nitrogens with one attached hydrogen (secondary N) is 1. The highest BCUT2D eigenvalue weighted by Gasteiger charge is 2.30. The summed E-state index contributed by atoms with van der Waals surface area (Å²) in [6, 6.07) is 0. The predicted molar refractivity (Wildman–Crippen MR) is 67.1 cm³/mol. The average molecular weight is 254 g/mol. The zero-order valence-electron chi connectivity index (χ0n) is 10.4. The van der Waals surface area contributed by atoms with E-state index in [1.54, 1.807) is 7.05 Å². The molecule has 1 fully saturated rings. The number of hydrogen-bond donors (Lipinski definition) is 1. The van der Waals surface area contributed by atoms with E-state index in [0.717, 1.165) is 17.5 Å². The standard InChI is InChI=1S/C11H18N4OS/c1-4-15-9(8-5-6-8)13-14-11(15)17-7(2)10(16)12-3/h7-8H,4-6H2,1-3H3,(H,12,16). The molecular formula is C11H18N4OS. The summed E-state index contributed by atoms with van der Waals surface area (Å²) in [6.07, 6.45) is 2.43. The van der Waals surface area contributed by atoms with E-state index in [0.29, 0.717) is 5.92 Å². The van der Waals surface area contributed by atoms with Crippen LogP contribution in [0.5, 0.6) is 0 Å². The van der Waals surface area contributed by atoms with Gasteiger partial charge in [-0.25, -0.2) is 0 Å². The van der Waals surface area contributed by atoms with Gasteiger partial charge >= 0.3 is 0 Å². The van der Waals surface area contributed by atoms with Crippen molar-refractivity contribution in [2.45, 2.75) is 49.6 Å². The van der Waals surface area contributed by atoms with Gasteiger partial charge in [-0.05, 0) is 26.7 Å². The van der Waals surface area contributed by atoms with Crippen molar-refractivity contribution in [2.24, 2.45) is 0 Å². The van der Waals surface area contributed by atoms with E-state index in [9.17, 15) is 4.79 Å². The minimum atomic E-state index is -0.137. The normalized spacial score (nSPS) is 16.9. The topological polar surface area (TPSA) is 59.8 Å². The van der Waals surface area contributed by atoms with Gasteiger partial charge in [-0.2, -0.15) is 0 Å². The number of amides is 1. The third-order valence-corrected chi connectivity index (χ3v) is 3.98. The minimum absolute atomic E-state index is 0.0219. The Kier molecular flexibility index (Phi) is 3.71. The molecule has 0 aromatic carbocycles. The van der Waals surface area contributed by atoms with E-state index < -0.39 is 0 Å². The highest BCUT2D eigenvalue weighted by Crippen LogP contribution is 2.40. The summed E-state index contributed by atoms with van der Waals surface area (Å²) in [7, 11) is 1.65. The summed E-state index contributed by atoms with van der Waals surface area (Å²) in [4.78, 5) is 11.5. The highest BCUT2D eigenvalue weighted by atomic mass is 32.2. The Labute approximate surface area is 105 Å². The molecule has 1 atom stereocenters. The second kappa shape index (κ2) is 5.08. The van der Waals surface area contributed by atoms with Gasteiger partial charge in [0, 0.05) is 19.5 Å². The molecule has 5 nitrogen and oxygen atoms in total. The van der Waals surface area contributed by atoms with Crippen LogP contribution in [0.15, 0.2) is 5.16 Å². The first kappa shape index (κ1) is 12.4. The molecule has 6 heteroatoms. The van der Waals surface area contributed by atoms with E-state index in [2.05, 4.69) is 27.0 Å². The molecule has 0 aliphatic heterocycles. The summed E-state index contributed by atoms with van der Waals surface area (Å²) < 4.78 is 2.13. The first-order valence-electron chi connectivity index (χ1n) is 5.98. The molecule has 0 spiro atoms. The SMILES string of the molecule is CCn1c(SC(C)C(=O)NC)nnc1C1CC1. The van der Waals surface area contributed by atoms with Crippen molar-refractivity contribution in [2.75, 3.05) is 7.05 Å². The molecule has 1 amide bonds.